The number of aromatic nitrogens is 3. The predicted octanol–water partition coefficient (Wildman–Crippen LogP) is 1.42. The maximum atomic E-state index is 11.6. The Labute approximate surface area is 133 Å². The summed E-state index contributed by atoms with van der Waals surface area (Å²) in [5, 5.41) is 11.6. The summed E-state index contributed by atoms with van der Waals surface area (Å²) in [5.74, 6) is -0.767. The molecule has 1 amide bonds. The molecule has 10 heteroatoms. The fourth-order valence-electron chi connectivity index (χ4n) is 1.42. The van der Waals surface area contributed by atoms with Gasteiger partial charge in [-0.25, -0.2) is 0 Å². The summed E-state index contributed by atoms with van der Waals surface area (Å²) in [5.41, 5.74) is 0.457. The quantitative estimate of drug-likeness (QED) is 0.649. The van der Waals surface area contributed by atoms with E-state index in [2.05, 4.69) is 20.3 Å². The SMILES string of the molecule is COC(=O)CNC(=O)CSc1nnc2c(Cl)cc(Cl)cn12. The van der Waals surface area contributed by atoms with E-state index in [1.54, 1.807) is 16.7 Å². The van der Waals surface area contributed by atoms with Gasteiger partial charge < -0.3 is 10.1 Å². The largest absolute Gasteiger partial charge is 0.468 e. The number of carbonyl (C=O) groups is 2. The molecule has 0 aromatic carbocycles. The van der Waals surface area contributed by atoms with Gasteiger partial charge in [-0.05, 0) is 6.07 Å². The molecular formula is C11H10Cl2N4O3S. The zero-order valence-electron chi connectivity index (χ0n) is 10.8. The zero-order valence-corrected chi connectivity index (χ0v) is 13.1. The van der Waals surface area contributed by atoms with E-state index in [0.29, 0.717) is 20.8 Å². The number of amides is 1. The molecule has 0 saturated carbocycles. The number of fused-ring (bicyclic) bond motifs is 1. The molecule has 0 aliphatic carbocycles. The third-order valence-corrected chi connectivity index (χ3v) is 3.81. The van der Waals surface area contributed by atoms with E-state index in [9.17, 15) is 9.59 Å². The Kier molecular flexibility index (Phi) is 5.27. The number of nitrogens with zero attached hydrogens (tertiary/aromatic N) is 3. The third-order valence-electron chi connectivity index (χ3n) is 2.39. The summed E-state index contributed by atoms with van der Waals surface area (Å²) < 4.78 is 6.02. The molecule has 0 bridgehead atoms. The molecule has 0 atom stereocenters. The lowest BCUT2D eigenvalue weighted by Gasteiger charge is -2.03. The second kappa shape index (κ2) is 6.97. The second-order valence-electron chi connectivity index (χ2n) is 3.82. The Bertz CT molecular complexity index is 691. The van der Waals surface area contributed by atoms with Crippen LogP contribution in [-0.2, 0) is 14.3 Å². The highest BCUT2D eigenvalue weighted by Crippen LogP contribution is 2.25. The maximum Gasteiger partial charge on any atom is 0.325 e. The highest BCUT2D eigenvalue weighted by molar-refractivity contribution is 7.99. The number of rotatable bonds is 5. The molecule has 2 aromatic heterocycles. The normalized spacial score (nSPS) is 10.6. The number of ether oxygens (including phenoxy) is 1. The van der Waals surface area contributed by atoms with Crippen molar-refractivity contribution in [1.82, 2.24) is 19.9 Å². The number of nitrogens with one attached hydrogen (secondary N) is 1. The number of carbonyl (C=O) groups excluding carboxylic acids is 2. The van der Waals surface area contributed by atoms with Gasteiger partial charge in [-0.3, -0.25) is 14.0 Å². The lowest BCUT2D eigenvalue weighted by molar-refractivity contribution is -0.140. The summed E-state index contributed by atoms with van der Waals surface area (Å²) in [7, 11) is 1.25. The lowest BCUT2D eigenvalue weighted by Crippen LogP contribution is -2.31. The van der Waals surface area contributed by atoms with Crippen LogP contribution in [0.5, 0.6) is 0 Å². The minimum atomic E-state index is -0.514. The molecule has 0 saturated heterocycles. The number of hydrogen-bond acceptors (Lipinski definition) is 6. The van der Waals surface area contributed by atoms with Gasteiger partial charge in [-0.15, -0.1) is 10.2 Å². The van der Waals surface area contributed by atoms with Gasteiger partial charge in [0.1, 0.15) is 6.54 Å². The molecule has 0 unspecified atom stereocenters. The van der Waals surface area contributed by atoms with Crippen LogP contribution < -0.4 is 5.32 Å². The summed E-state index contributed by atoms with van der Waals surface area (Å²) in [6, 6.07) is 1.56. The third kappa shape index (κ3) is 3.99. The lowest BCUT2D eigenvalue weighted by atomic mass is 10.5. The first-order valence-corrected chi connectivity index (χ1v) is 7.41. The molecule has 21 heavy (non-hydrogen) atoms. The van der Waals surface area contributed by atoms with Gasteiger partial charge in [-0.1, -0.05) is 35.0 Å². The molecule has 112 valence electrons. The van der Waals surface area contributed by atoms with Crippen molar-refractivity contribution in [1.29, 1.82) is 0 Å². The molecule has 0 radical (unpaired) electrons. The Hall–Kier alpha value is -1.51. The van der Waals surface area contributed by atoms with E-state index in [4.69, 9.17) is 23.2 Å². The highest BCUT2D eigenvalue weighted by Gasteiger charge is 2.12. The van der Waals surface area contributed by atoms with Crippen LogP contribution in [0, 0.1) is 0 Å². The van der Waals surface area contributed by atoms with Crippen molar-refractivity contribution in [3.05, 3.63) is 22.3 Å². The van der Waals surface area contributed by atoms with Crippen LogP contribution in [0.2, 0.25) is 10.0 Å². The maximum absolute atomic E-state index is 11.6. The van der Waals surface area contributed by atoms with Gasteiger partial charge in [-0.2, -0.15) is 0 Å². The van der Waals surface area contributed by atoms with Crippen molar-refractivity contribution in [3.63, 3.8) is 0 Å². The van der Waals surface area contributed by atoms with Gasteiger partial charge in [0, 0.05) is 6.20 Å². The first kappa shape index (κ1) is 15.9. The molecule has 0 fully saturated rings. The van der Waals surface area contributed by atoms with Crippen LogP contribution in [-0.4, -0.2) is 45.9 Å². The summed E-state index contributed by atoms with van der Waals surface area (Å²) in [6.45, 7) is -0.172. The molecule has 2 rings (SSSR count). The minimum absolute atomic E-state index is 0.0713. The van der Waals surface area contributed by atoms with Crippen LogP contribution in [0.15, 0.2) is 17.4 Å². The number of esters is 1. The van der Waals surface area contributed by atoms with E-state index in [1.165, 1.54) is 7.11 Å². The van der Waals surface area contributed by atoms with E-state index < -0.39 is 5.97 Å². The fraction of sp³-hybridized carbons (Fsp3) is 0.273. The van der Waals surface area contributed by atoms with E-state index >= 15 is 0 Å². The van der Waals surface area contributed by atoms with Gasteiger partial charge in [0.2, 0.25) is 5.91 Å². The Morgan fingerprint density at radius 1 is 1.43 bits per heavy atom. The van der Waals surface area contributed by atoms with Crippen molar-refractivity contribution >= 4 is 52.5 Å². The molecule has 0 aliphatic rings. The van der Waals surface area contributed by atoms with Crippen LogP contribution in [0.1, 0.15) is 0 Å². The molecule has 7 nitrogen and oxygen atoms in total. The Balaban J connectivity index is 2.01. The highest BCUT2D eigenvalue weighted by atomic mass is 35.5. The first-order valence-electron chi connectivity index (χ1n) is 5.67. The van der Waals surface area contributed by atoms with Gasteiger partial charge >= 0.3 is 5.97 Å². The smallest absolute Gasteiger partial charge is 0.325 e. The second-order valence-corrected chi connectivity index (χ2v) is 5.61. The van der Waals surface area contributed by atoms with Gasteiger partial charge in [0.25, 0.3) is 0 Å². The minimum Gasteiger partial charge on any atom is -0.468 e. The van der Waals surface area contributed by atoms with Crippen molar-refractivity contribution in [2.45, 2.75) is 5.16 Å². The first-order chi connectivity index (χ1) is 10.0. The molecule has 1 N–H and O–H groups in total. The molecule has 0 aliphatic heterocycles. The molecule has 0 spiro atoms. The zero-order chi connectivity index (χ0) is 15.4. The molecule has 2 aromatic rings. The average Bonchev–Trinajstić information content (AvgIpc) is 2.85. The topological polar surface area (TPSA) is 85.6 Å². The summed E-state index contributed by atoms with van der Waals surface area (Å²) in [4.78, 5) is 22.5. The van der Waals surface area contributed by atoms with Crippen LogP contribution in [0.3, 0.4) is 0 Å². The van der Waals surface area contributed by atoms with Crippen molar-refractivity contribution in [2.75, 3.05) is 19.4 Å². The van der Waals surface area contributed by atoms with Crippen molar-refractivity contribution in [2.24, 2.45) is 0 Å². The fourth-order valence-corrected chi connectivity index (χ4v) is 2.67. The van der Waals surface area contributed by atoms with E-state index in [0.717, 1.165) is 11.8 Å². The standard InChI is InChI=1S/C11H10Cl2N4O3S/c1-20-9(19)3-14-8(18)5-21-11-16-15-10-7(13)2-6(12)4-17(10)11/h2,4H,3,5H2,1H3,(H,14,18). The number of pyridine rings is 1. The molecular weight excluding hydrogens is 339 g/mol. The van der Waals surface area contributed by atoms with Crippen LogP contribution >= 0.6 is 35.0 Å². The number of thioether (sulfide) groups is 1. The summed E-state index contributed by atoms with van der Waals surface area (Å²) in [6.07, 6.45) is 1.61. The van der Waals surface area contributed by atoms with Gasteiger partial charge in [0.15, 0.2) is 10.8 Å². The average molecular weight is 349 g/mol. The van der Waals surface area contributed by atoms with E-state index in [-0.39, 0.29) is 18.2 Å². The number of hydrogen-bond donors (Lipinski definition) is 1. The van der Waals surface area contributed by atoms with Crippen LogP contribution in [0.4, 0.5) is 0 Å². The van der Waals surface area contributed by atoms with E-state index in [1.807, 2.05) is 0 Å². The van der Waals surface area contributed by atoms with Crippen LogP contribution in [0.25, 0.3) is 5.65 Å². The molecule has 2 heterocycles. The number of halogens is 2. The number of methoxy groups -OCH3 is 1. The van der Waals surface area contributed by atoms with Gasteiger partial charge in [0.05, 0.1) is 22.9 Å². The Morgan fingerprint density at radius 2 is 2.19 bits per heavy atom. The predicted molar refractivity (Wildman–Crippen MR) is 78.8 cm³/mol. The van der Waals surface area contributed by atoms with Crippen molar-refractivity contribution < 1.29 is 14.3 Å². The van der Waals surface area contributed by atoms with Crippen molar-refractivity contribution in [3.8, 4) is 0 Å². The summed E-state index contributed by atoms with van der Waals surface area (Å²) >= 11 is 13.1. The monoisotopic (exact) mass is 348 g/mol. The Morgan fingerprint density at radius 3 is 2.90 bits per heavy atom.